The molecule has 0 aromatic carbocycles. The topological polar surface area (TPSA) is 52.6 Å². The van der Waals surface area contributed by atoms with Gasteiger partial charge in [-0.3, -0.25) is 9.59 Å². The predicted octanol–water partition coefficient (Wildman–Crippen LogP) is 20.4. The molecule has 0 heterocycles. The maximum Gasteiger partial charge on any atom is 0.305 e. The first-order valence-electron chi connectivity index (χ1n) is 29.0. The fourth-order valence-corrected chi connectivity index (χ4v) is 9.18. The van der Waals surface area contributed by atoms with E-state index in [2.05, 4.69) is 13.8 Å². The van der Waals surface area contributed by atoms with Crippen molar-refractivity contribution in [3.63, 3.8) is 0 Å². The highest BCUT2D eigenvalue weighted by Gasteiger charge is 2.05. The number of hydrogen-bond donors (Lipinski definition) is 0. The first kappa shape index (κ1) is 60.9. The molecule has 370 valence electrons. The second kappa shape index (κ2) is 56.1. The SMILES string of the molecule is CCCCCCCCCCCCCCCCCCCCOC(=O)CCCCCCCCCCCCCCCCC(=O)OCCCCCCCCCCCCCCCCCCCC. The Labute approximate surface area is 390 Å². The van der Waals surface area contributed by atoms with E-state index < -0.39 is 0 Å². The van der Waals surface area contributed by atoms with Gasteiger partial charge in [0, 0.05) is 12.8 Å². The highest BCUT2D eigenvalue weighted by Crippen LogP contribution is 2.18. The van der Waals surface area contributed by atoms with Gasteiger partial charge in [-0.25, -0.2) is 0 Å². The fourth-order valence-electron chi connectivity index (χ4n) is 9.18. The zero-order chi connectivity index (χ0) is 44.8. The fraction of sp³-hybridized carbons (Fsp3) is 0.966. The van der Waals surface area contributed by atoms with Crippen molar-refractivity contribution in [2.24, 2.45) is 0 Å². The molecular formula is C58H114O4. The summed E-state index contributed by atoms with van der Waals surface area (Å²) in [6.45, 7) is 5.83. The van der Waals surface area contributed by atoms with Gasteiger partial charge in [-0.15, -0.1) is 0 Å². The van der Waals surface area contributed by atoms with Crippen molar-refractivity contribution in [3.8, 4) is 0 Å². The van der Waals surface area contributed by atoms with E-state index in [-0.39, 0.29) is 11.9 Å². The summed E-state index contributed by atoms with van der Waals surface area (Å²) in [6.07, 6.45) is 68.3. The minimum Gasteiger partial charge on any atom is -0.466 e. The molecule has 4 heteroatoms. The summed E-state index contributed by atoms with van der Waals surface area (Å²) in [4.78, 5) is 24.2. The van der Waals surface area contributed by atoms with Gasteiger partial charge in [0.15, 0.2) is 0 Å². The van der Waals surface area contributed by atoms with Crippen molar-refractivity contribution in [1.29, 1.82) is 0 Å². The molecule has 62 heavy (non-hydrogen) atoms. The predicted molar refractivity (Wildman–Crippen MR) is 273 cm³/mol. The Bertz CT molecular complexity index is 773. The van der Waals surface area contributed by atoms with Gasteiger partial charge < -0.3 is 9.47 Å². The van der Waals surface area contributed by atoms with Crippen LogP contribution in [0.15, 0.2) is 0 Å². The third-order valence-corrected chi connectivity index (χ3v) is 13.5. The number of hydrogen-bond acceptors (Lipinski definition) is 4. The van der Waals surface area contributed by atoms with Crippen LogP contribution >= 0.6 is 0 Å². The van der Waals surface area contributed by atoms with Gasteiger partial charge in [0.2, 0.25) is 0 Å². The van der Waals surface area contributed by atoms with Gasteiger partial charge in [-0.2, -0.15) is 0 Å². The highest BCUT2D eigenvalue weighted by atomic mass is 16.5. The molecule has 0 aliphatic carbocycles. The maximum absolute atomic E-state index is 12.1. The molecule has 0 unspecified atom stereocenters. The van der Waals surface area contributed by atoms with Gasteiger partial charge in [0.25, 0.3) is 0 Å². The van der Waals surface area contributed by atoms with E-state index in [1.807, 2.05) is 0 Å². The van der Waals surface area contributed by atoms with Crippen LogP contribution in [-0.2, 0) is 19.1 Å². The molecule has 0 fully saturated rings. The minimum atomic E-state index is 0.0145. The molecule has 0 N–H and O–H groups in total. The van der Waals surface area contributed by atoms with Gasteiger partial charge in [-0.05, 0) is 25.7 Å². The quantitative estimate of drug-likeness (QED) is 0.0451. The summed E-state index contributed by atoms with van der Waals surface area (Å²) in [5.74, 6) is 0.0290. The molecule has 0 atom stereocenters. The van der Waals surface area contributed by atoms with Crippen molar-refractivity contribution < 1.29 is 19.1 Å². The Morgan fingerprint density at radius 3 is 0.532 bits per heavy atom. The van der Waals surface area contributed by atoms with Crippen molar-refractivity contribution in [2.45, 2.75) is 348 Å². The van der Waals surface area contributed by atoms with Crippen molar-refractivity contribution in [3.05, 3.63) is 0 Å². The Morgan fingerprint density at radius 2 is 0.355 bits per heavy atom. The zero-order valence-electron chi connectivity index (χ0n) is 42.8. The van der Waals surface area contributed by atoms with Crippen LogP contribution in [0, 0.1) is 0 Å². The number of esters is 2. The summed E-state index contributed by atoms with van der Waals surface area (Å²) in [5.41, 5.74) is 0. The van der Waals surface area contributed by atoms with E-state index >= 15 is 0 Å². The summed E-state index contributed by atoms with van der Waals surface area (Å²) < 4.78 is 11.0. The Hall–Kier alpha value is -1.06. The lowest BCUT2D eigenvalue weighted by Gasteiger charge is -2.06. The number of unbranched alkanes of at least 4 members (excludes halogenated alkanes) is 47. The van der Waals surface area contributed by atoms with Crippen LogP contribution in [0.4, 0.5) is 0 Å². The molecule has 0 saturated carbocycles. The molecule has 4 nitrogen and oxygen atoms in total. The van der Waals surface area contributed by atoms with Crippen LogP contribution in [0.2, 0.25) is 0 Å². The first-order valence-corrected chi connectivity index (χ1v) is 29.0. The molecule has 0 aromatic heterocycles. The largest absolute Gasteiger partial charge is 0.466 e. The molecule has 0 bridgehead atoms. The van der Waals surface area contributed by atoms with Crippen molar-refractivity contribution in [1.82, 2.24) is 0 Å². The number of carbonyl (C=O) groups excluding carboxylic acids is 2. The molecule has 0 amide bonds. The zero-order valence-corrected chi connectivity index (χ0v) is 42.8. The minimum absolute atomic E-state index is 0.0145. The number of ether oxygens (including phenoxy) is 2. The van der Waals surface area contributed by atoms with Crippen LogP contribution < -0.4 is 0 Å². The Balaban J connectivity index is 3.20. The van der Waals surface area contributed by atoms with E-state index in [4.69, 9.17) is 9.47 Å². The van der Waals surface area contributed by atoms with Crippen LogP contribution in [0.1, 0.15) is 348 Å². The molecule has 0 aliphatic heterocycles. The molecule has 0 saturated heterocycles. The Kier molecular flexibility index (Phi) is 55.1. The third kappa shape index (κ3) is 55.1. The lowest BCUT2D eigenvalue weighted by molar-refractivity contribution is -0.144. The smallest absolute Gasteiger partial charge is 0.305 e. The second-order valence-corrected chi connectivity index (χ2v) is 19.9. The maximum atomic E-state index is 12.1. The summed E-state index contributed by atoms with van der Waals surface area (Å²) >= 11 is 0. The summed E-state index contributed by atoms with van der Waals surface area (Å²) in [5, 5.41) is 0. The van der Waals surface area contributed by atoms with Gasteiger partial charge in [-0.1, -0.05) is 309 Å². The van der Waals surface area contributed by atoms with Crippen LogP contribution in [0.3, 0.4) is 0 Å². The third-order valence-electron chi connectivity index (χ3n) is 13.5. The highest BCUT2D eigenvalue weighted by molar-refractivity contribution is 5.69. The van der Waals surface area contributed by atoms with Crippen LogP contribution in [0.25, 0.3) is 0 Å². The molecule has 0 rings (SSSR count). The molecular weight excluding hydrogens is 761 g/mol. The van der Waals surface area contributed by atoms with Crippen LogP contribution in [0.5, 0.6) is 0 Å². The van der Waals surface area contributed by atoms with E-state index in [9.17, 15) is 9.59 Å². The number of rotatable bonds is 55. The average molecular weight is 876 g/mol. The van der Waals surface area contributed by atoms with Crippen LogP contribution in [-0.4, -0.2) is 25.2 Å². The van der Waals surface area contributed by atoms with Gasteiger partial charge >= 0.3 is 11.9 Å². The van der Waals surface area contributed by atoms with Crippen molar-refractivity contribution >= 4 is 11.9 Å². The first-order chi connectivity index (χ1) is 30.7. The summed E-state index contributed by atoms with van der Waals surface area (Å²) in [6, 6.07) is 0. The Morgan fingerprint density at radius 1 is 0.210 bits per heavy atom. The van der Waals surface area contributed by atoms with E-state index in [1.54, 1.807) is 0 Å². The monoisotopic (exact) mass is 875 g/mol. The van der Waals surface area contributed by atoms with E-state index in [0.717, 1.165) is 38.5 Å². The lowest BCUT2D eigenvalue weighted by Crippen LogP contribution is -2.05. The lowest BCUT2D eigenvalue weighted by atomic mass is 10.0. The second-order valence-electron chi connectivity index (χ2n) is 19.9. The average Bonchev–Trinajstić information content (AvgIpc) is 3.27. The standard InChI is InChI=1S/C58H114O4/c1-3-5-7-9-11-13-15-17-19-21-23-27-31-35-39-43-47-51-55-61-57(59)53-49-45-41-37-33-29-25-26-30-34-38-42-46-50-54-58(60)62-56-52-48-44-40-36-32-28-24-22-20-18-16-14-12-10-8-6-4-2/h3-56H2,1-2H3. The molecule has 0 aliphatic rings. The van der Waals surface area contributed by atoms with Crippen molar-refractivity contribution in [2.75, 3.05) is 13.2 Å². The van der Waals surface area contributed by atoms with Gasteiger partial charge in [0.05, 0.1) is 13.2 Å². The summed E-state index contributed by atoms with van der Waals surface area (Å²) in [7, 11) is 0. The molecule has 0 radical (unpaired) electrons. The molecule has 0 aromatic rings. The van der Waals surface area contributed by atoms with E-state index in [1.165, 1.54) is 283 Å². The molecule has 0 spiro atoms. The van der Waals surface area contributed by atoms with Gasteiger partial charge in [0.1, 0.15) is 0 Å². The van der Waals surface area contributed by atoms with E-state index in [0.29, 0.717) is 26.1 Å². The normalized spacial score (nSPS) is 11.5. The number of carbonyl (C=O) groups is 2.